The Morgan fingerprint density at radius 3 is 3.12 bits per heavy atom. The normalized spacial score (nSPS) is 18.5. The van der Waals surface area contributed by atoms with Gasteiger partial charge in [-0.15, -0.1) is 0 Å². The molecule has 0 fully saturated rings. The molecule has 3 rings (SSSR count). The molecule has 17 heavy (non-hydrogen) atoms. The molecule has 1 aliphatic carbocycles. The highest BCUT2D eigenvalue weighted by Crippen LogP contribution is 2.39. The van der Waals surface area contributed by atoms with E-state index in [1.54, 1.807) is 6.07 Å². The van der Waals surface area contributed by atoms with Crippen LogP contribution in [-0.2, 0) is 11.2 Å². The second kappa shape index (κ2) is 3.58. The van der Waals surface area contributed by atoms with Gasteiger partial charge in [-0.05, 0) is 36.6 Å². The summed E-state index contributed by atoms with van der Waals surface area (Å²) in [7, 11) is 0. The Bertz CT molecular complexity index is 603. The van der Waals surface area contributed by atoms with Crippen LogP contribution in [0.15, 0.2) is 18.2 Å². The Kier molecular flexibility index (Phi) is 2.18. The van der Waals surface area contributed by atoms with Gasteiger partial charge in [-0.2, -0.15) is 0 Å². The molecule has 1 atom stereocenters. The Morgan fingerprint density at radius 2 is 2.35 bits per heavy atom. The van der Waals surface area contributed by atoms with Crippen molar-refractivity contribution in [2.24, 2.45) is 0 Å². The fourth-order valence-corrected chi connectivity index (χ4v) is 2.74. The molecule has 88 valence electrons. The van der Waals surface area contributed by atoms with E-state index in [2.05, 4.69) is 4.98 Å². The molecule has 2 N–H and O–H groups in total. The van der Waals surface area contributed by atoms with Crippen LogP contribution in [0.2, 0.25) is 0 Å². The van der Waals surface area contributed by atoms with Gasteiger partial charge >= 0.3 is 5.97 Å². The summed E-state index contributed by atoms with van der Waals surface area (Å²) >= 11 is 0. The monoisotopic (exact) mass is 233 g/mol. The molecule has 0 spiro atoms. The lowest BCUT2D eigenvalue weighted by molar-refractivity contribution is -0.137. The van der Waals surface area contributed by atoms with E-state index in [9.17, 15) is 9.18 Å². The molecule has 0 saturated heterocycles. The zero-order chi connectivity index (χ0) is 12.0. The van der Waals surface area contributed by atoms with Gasteiger partial charge in [-0.3, -0.25) is 4.79 Å². The molecule has 1 aromatic carbocycles. The van der Waals surface area contributed by atoms with Crippen LogP contribution in [0, 0.1) is 5.82 Å². The average Bonchev–Trinajstić information content (AvgIpc) is 2.78. The van der Waals surface area contributed by atoms with Crippen molar-refractivity contribution in [3.63, 3.8) is 0 Å². The summed E-state index contributed by atoms with van der Waals surface area (Å²) in [5.41, 5.74) is 2.96. The lowest BCUT2D eigenvalue weighted by atomic mass is 10.0. The minimum absolute atomic E-state index is 0.0398. The number of fused-ring (bicyclic) bond motifs is 3. The standard InChI is InChI=1S/C13H12FNO2/c14-8-2-4-11-10(6-8)9-3-1-7(5-12(16)17)13(9)15-11/h2,4,6-7,15H,1,3,5H2,(H,16,17)/t7-/m1/s1. The quantitative estimate of drug-likeness (QED) is 0.838. The Hall–Kier alpha value is -1.84. The smallest absolute Gasteiger partial charge is 0.304 e. The van der Waals surface area contributed by atoms with Crippen molar-refractivity contribution in [3.05, 3.63) is 35.3 Å². The number of carbonyl (C=O) groups is 1. The van der Waals surface area contributed by atoms with Gasteiger partial charge in [0.05, 0.1) is 6.42 Å². The second-order valence-corrected chi connectivity index (χ2v) is 4.54. The number of aromatic nitrogens is 1. The molecule has 4 heteroatoms. The van der Waals surface area contributed by atoms with Crippen molar-refractivity contribution in [3.8, 4) is 0 Å². The van der Waals surface area contributed by atoms with Crippen molar-refractivity contribution < 1.29 is 14.3 Å². The summed E-state index contributed by atoms with van der Waals surface area (Å²) in [5.74, 6) is -0.994. The topological polar surface area (TPSA) is 53.1 Å². The third-order valence-corrected chi connectivity index (χ3v) is 3.47. The van der Waals surface area contributed by atoms with Crippen molar-refractivity contribution >= 4 is 16.9 Å². The van der Waals surface area contributed by atoms with Crippen molar-refractivity contribution in [1.82, 2.24) is 4.98 Å². The first kappa shape index (κ1) is 10.3. The zero-order valence-corrected chi connectivity index (χ0v) is 9.16. The third-order valence-electron chi connectivity index (χ3n) is 3.47. The predicted octanol–water partition coefficient (Wildman–Crippen LogP) is 2.81. The average molecular weight is 233 g/mol. The van der Waals surface area contributed by atoms with Crippen molar-refractivity contribution in [1.29, 1.82) is 0 Å². The van der Waals surface area contributed by atoms with Gasteiger partial charge in [0, 0.05) is 22.5 Å². The molecule has 0 radical (unpaired) electrons. The minimum Gasteiger partial charge on any atom is -0.481 e. The maximum Gasteiger partial charge on any atom is 0.304 e. The number of hydrogen-bond donors (Lipinski definition) is 2. The Labute approximate surface area is 97.3 Å². The maximum absolute atomic E-state index is 13.2. The first-order valence-corrected chi connectivity index (χ1v) is 5.67. The molecule has 0 amide bonds. The zero-order valence-electron chi connectivity index (χ0n) is 9.16. The summed E-state index contributed by atoms with van der Waals surface area (Å²) in [6.45, 7) is 0. The summed E-state index contributed by atoms with van der Waals surface area (Å²) < 4.78 is 13.2. The molecule has 1 heterocycles. The van der Waals surface area contributed by atoms with Crippen LogP contribution in [0.1, 0.15) is 30.0 Å². The van der Waals surface area contributed by atoms with E-state index in [0.717, 1.165) is 35.0 Å². The van der Waals surface area contributed by atoms with E-state index < -0.39 is 5.97 Å². The highest BCUT2D eigenvalue weighted by molar-refractivity contribution is 5.86. The van der Waals surface area contributed by atoms with E-state index in [-0.39, 0.29) is 18.2 Å². The maximum atomic E-state index is 13.2. The fourth-order valence-electron chi connectivity index (χ4n) is 2.74. The van der Waals surface area contributed by atoms with Gasteiger partial charge in [0.15, 0.2) is 0 Å². The second-order valence-electron chi connectivity index (χ2n) is 4.54. The van der Waals surface area contributed by atoms with E-state index in [0.29, 0.717) is 0 Å². The van der Waals surface area contributed by atoms with Crippen LogP contribution in [0.5, 0.6) is 0 Å². The molecule has 3 nitrogen and oxygen atoms in total. The SMILES string of the molecule is O=C(O)C[C@H]1CCc2c1[nH]c1ccc(F)cc21. The van der Waals surface area contributed by atoms with Crippen molar-refractivity contribution in [2.45, 2.75) is 25.2 Å². The van der Waals surface area contributed by atoms with Crippen LogP contribution < -0.4 is 0 Å². The van der Waals surface area contributed by atoms with Crippen LogP contribution in [0.4, 0.5) is 4.39 Å². The van der Waals surface area contributed by atoms with Crippen molar-refractivity contribution in [2.75, 3.05) is 0 Å². The highest BCUT2D eigenvalue weighted by Gasteiger charge is 2.28. The number of aryl methyl sites for hydroxylation is 1. The predicted molar refractivity (Wildman–Crippen MR) is 61.6 cm³/mol. The van der Waals surface area contributed by atoms with Crippen LogP contribution in [0.25, 0.3) is 10.9 Å². The lowest BCUT2D eigenvalue weighted by Crippen LogP contribution is -2.03. The number of rotatable bonds is 2. The first-order valence-electron chi connectivity index (χ1n) is 5.67. The number of nitrogens with one attached hydrogen (secondary N) is 1. The fraction of sp³-hybridized carbons (Fsp3) is 0.308. The number of aliphatic carboxylic acids is 1. The van der Waals surface area contributed by atoms with E-state index in [1.165, 1.54) is 12.1 Å². The van der Waals surface area contributed by atoms with Crippen LogP contribution in [0.3, 0.4) is 0 Å². The van der Waals surface area contributed by atoms with Gasteiger partial charge in [0.25, 0.3) is 0 Å². The molecule has 0 saturated carbocycles. The molecule has 0 bridgehead atoms. The van der Waals surface area contributed by atoms with Gasteiger partial charge < -0.3 is 10.1 Å². The molecule has 1 aromatic heterocycles. The third kappa shape index (κ3) is 1.60. The van der Waals surface area contributed by atoms with Gasteiger partial charge in [0.1, 0.15) is 5.82 Å². The number of carboxylic acid groups (broad SMARTS) is 1. The largest absolute Gasteiger partial charge is 0.481 e. The van der Waals surface area contributed by atoms with Crippen LogP contribution >= 0.6 is 0 Å². The number of hydrogen-bond acceptors (Lipinski definition) is 1. The minimum atomic E-state index is -0.785. The summed E-state index contributed by atoms with van der Waals surface area (Å²) in [4.78, 5) is 14.0. The number of H-pyrrole nitrogens is 1. The molecular weight excluding hydrogens is 221 g/mol. The molecule has 1 aliphatic rings. The Morgan fingerprint density at radius 1 is 1.53 bits per heavy atom. The molecule has 0 unspecified atom stereocenters. The summed E-state index contributed by atoms with van der Waals surface area (Å²) in [6.07, 6.45) is 1.80. The van der Waals surface area contributed by atoms with Gasteiger partial charge in [-0.25, -0.2) is 4.39 Å². The number of carboxylic acids is 1. The Balaban J connectivity index is 2.10. The van der Waals surface area contributed by atoms with E-state index in [1.807, 2.05) is 0 Å². The first-order chi connectivity index (χ1) is 8.15. The summed E-state index contributed by atoms with van der Waals surface area (Å²) in [5, 5.41) is 9.74. The van der Waals surface area contributed by atoms with Crippen LogP contribution in [-0.4, -0.2) is 16.1 Å². The van der Waals surface area contributed by atoms with Gasteiger partial charge in [0.2, 0.25) is 0 Å². The van der Waals surface area contributed by atoms with Gasteiger partial charge in [-0.1, -0.05) is 0 Å². The number of benzene rings is 1. The summed E-state index contributed by atoms with van der Waals surface area (Å²) in [6, 6.07) is 4.65. The molecule has 0 aliphatic heterocycles. The number of halogens is 1. The molecule has 2 aromatic rings. The lowest BCUT2D eigenvalue weighted by Gasteiger charge is -2.05. The molecular formula is C13H12FNO2. The number of aromatic amines is 1. The van der Waals surface area contributed by atoms with E-state index >= 15 is 0 Å². The van der Waals surface area contributed by atoms with E-state index in [4.69, 9.17) is 5.11 Å². The highest BCUT2D eigenvalue weighted by atomic mass is 19.1.